The molecule has 1 heterocycles. The number of carbonyl (C=O) groups excluding carboxylic acids is 1. The summed E-state index contributed by atoms with van der Waals surface area (Å²) in [5.74, 6) is -0.427. The van der Waals surface area contributed by atoms with Crippen molar-refractivity contribution in [2.45, 2.75) is 17.5 Å². The molecule has 0 bridgehead atoms. The topological polar surface area (TPSA) is 130 Å². The molecule has 0 aliphatic heterocycles. The lowest BCUT2D eigenvalue weighted by Crippen LogP contribution is -2.11. The Balaban J connectivity index is 1.77. The zero-order chi connectivity index (χ0) is 18.5. The van der Waals surface area contributed by atoms with Crippen LogP contribution in [0.1, 0.15) is 21.5 Å². The van der Waals surface area contributed by atoms with Crippen LogP contribution in [0.3, 0.4) is 0 Å². The van der Waals surface area contributed by atoms with E-state index >= 15 is 0 Å². The molecule has 10 heteroatoms. The highest BCUT2D eigenvalue weighted by molar-refractivity contribution is 7.98. The number of nitrogens with zero attached hydrogens (tertiary/aromatic N) is 5. The first-order valence-electron chi connectivity index (χ1n) is 7.54. The van der Waals surface area contributed by atoms with E-state index < -0.39 is 10.8 Å². The average Bonchev–Trinajstić information content (AvgIpc) is 3.07. The molecule has 3 aromatic rings. The largest absolute Gasteiger partial charge is 0.366 e. The van der Waals surface area contributed by atoms with Crippen molar-refractivity contribution in [3.05, 3.63) is 75.3 Å². The number of hydrogen-bond donors (Lipinski definition) is 1. The molecule has 0 saturated carbocycles. The molecule has 0 saturated heterocycles. The Morgan fingerprint density at radius 2 is 2.00 bits per heavy atom. The summed E-state index contributed by atoms with van der Waals surface area (Å²) in [6, 6.07) is 13.9. The van der Waals surface area contributed by atoms with Gasteiger partial charge in [0.05, 0.1) is 11.5 Å². The number of nitrogens with two attached hydrogens (primary N) is 1. The number of amides is 1. The summed E-state index contributed by atoms with van der Waals surface area (Å²) in [5.41, 5.74) is 6.62. The van der Waals surface area contributed by atoms with Gasteiger partial charge in [0, 0.05) is 22.9 Å². The van der Waals surface area contributed by atoms with Crippen molar-refractivity contribution in [2.75, 3.05) is 0 Å². The minimum Gasteiger partial charge on any atom is -0.366 e. The van der Waals surface area contributed by atoms with E-state index in [1.165, 1.54) is 30.0 Å². The Hall–Kier alpha value is -3.27. The van der Waals surface area contributed by atoms with Crippen molar-refractivity contribution in [2.24, 2.45) is 5.73 Å². The van der Waals surface area contributed by atoms with E-state index in [9.17, 15) is 14.9 Å². The van der Waals surface area contributed by atoms with Crippen LogP contribution in [0, 0.1) is 10.1 Å². The first-order valence-corrected chi connectivity index (χ1v) is 8.53. The number of tetrazole rings is 1. The van der Waals surface area contributed by atoms with Gasteiger partial charge in [0.2, 0.25) is 11.1 Å². The molecule has 1 aromatic heterocycles. The molecule has 3 rings (SSSR count). The Morgan fingerprint density at radius 1 is 1.23 bits per heavy atom. The van der Waals surface area contributed by atoms with Crippen LogP contribution in [0.2, 0.25) is 0 Å². The first kappa shape index (κ1) is 17.5. The molecular weight excluding hydrogens is 356 g/mol. The molecule has 9 nitrogen and oxygen atoms in total. The second kappa shape index (κ2) is 7.74. The van der Waals surface area contributed by atoms with Crippen LogP contribution in [0.25, 0.3) is 0 Å². The van der Waals surface area contributed by atoms with Gasteiger partial charge in [-0.15, -0.1) is 5.10 Å². The van der Waals surface area contributed by atoms with Gasteiger partial charge in [-0.05, 0) is 22.1 Å². The first-order chi connectivity index (χ1) is 12.5. The van der Waals surface area contributed by atoms with Gasteiger partial charge in [-0.1, -0.05) is 48.2 Å². The number of aromatic nitrogens is 4. The molecule has 2 N–H and O–H groups in total. The van der Waals surface area contributed by atoms with E-state index in [-0.39, 0.29) is 17.0 Å². The van der Waals surface area contributed by atoms with Gasteiger partial charge in [-0.3, -0.25) is 14.9 Å². The third-order valence-corrected chi connectivity index (χ3v) is 4.60. The number of rotatable bonds is 7. The number of benzene rings is 2. The van der Waals surface area contributed by atoms with Crippen LogP contribution in [0.4, 0.5) is 5.69 Å². The zero-order valence-electron chi connectivity index (χ0n) is 13.5. The van der Waals surface area contributed by atoms with Gasteiger partial charge >= 0.3 is 0 Å². The van der Waals surface area contributed by atoms with Gasteiger partial charge < -0.3 is 5.73 Å². The predicted octanol–water partition coefficient (Wildman–Crippen LogP) is 2.02. The van der Waals surface area contributed by atoms with Crippen molar-refractivity contribution in [1.29, 1.82) is 0 Å². The molecule has 2 aromatic carbocycles. The normalized spacial score (nSPS) is 10.6. The minimum absolute atomic E-state index is 0.0966. The number of thioether (sulfide) groups is 1. The molecule has 0 radical (unpaired) electrons. The fraction of sp³-hybridized carbons (Fsp3) is 0.125. The summed E-state index contributed by atoms with van der Waals surface area (Å²) in [4.78, 5) is 21.9. The molecule has 0 aliphatic rings. The highest BCUT2D eigenvalue weighted by Crippen LogP contribution is 2.27. The third kappa shape index (κ3) is 4.03. The lowest BCUT2D eigenvalue weighted by molar-refractivity contribution is -0.385. The van der Waals surface area contributed by atoms with Gasteiger partial charge in [0.1, 0.15) is 0 Å². The number of nitro groups is 1. The van der Waals surface area contributed by atoms with Gasteiger partial charge in [-0.2, -0.15) is 0 Å². The van der Waals surface area contributed by atoms with E-state index in [2.05, 4.69) is 15.5 Å². The molecule has 0 aliphatic carbocycles. The zero-order valence-corrected chi connectivity index (χ0v) is 14.3. The van der Waals surface area contributed by atoms with Crippen LogP contribution in [-0.4, -0.2) is 31.0 Å². The molecule has 26 heavy (non-hydrogen) atoms. The molecule has 0 unspecified atom stereocenters. The summed E-state index contributed by atoms with van der Waals surface area (Å²) in [7, 11) is 0. The fourth-order valence-corrected chi connectivity index (χ4v) is 3.18. The smallest absolute Gasteiger partial charge is 0.274 e. The van der Waals surface area contributed by atoms with E-state index in [1.807, 2.05) is 30.3 Å². The van der Waals surface area contributed by atoms with Crippen LogP contribution >= 0.6 is 11.8 Å². The lowest BCUT2D eigenvalue weighted by Gasteiger charge is -2.06. The number of hydrogen-bond acceptors (Lipinski definition) is 7. The second-order valence-corrected chi connectivity index (χ2v) is 6.30. The summed E-state index contributed by atoms with van der Waals surface area (Å²) >= 11 is 1.28. The van der Waals surface area contributed by atoms with Crippen molar-refractivity contribution in [1.82, 2.24) is 20.2 Å². The minimum atomic E-state index is -0.709. The third-order valence-electron chi connectivity index (χ3n) is 3.60. The van der Waals surface area contributed by atoms with Crippen molar-refractivity contribution in [3.8, 4) is 0 Å². The highest BCUT2D eigenvalue weighted by atomic mass is 32.2. The van der Waals surface area contributed by atoms with Crippen LogP contribution in [0.15, 0.2) is 53.7 Å². The number of nitro benzene ring substituents is 1. The summed E-state index contributed by atoms with van der Waals surface area (Å²) in [6.07, 6.45) is 0. The number of primary amides is 1. The number of carbonyl (C=O) groups is 1. The fourth-order valence-electron chi connectivity index (χ4n) is 2.31. The molecule has 132 valence electrons. The maximum atomic E-state index is 11.3. The standard InChI is InChI=1S/C16H14N6O3S/c17-15(23)12-6-7-13(14(8-12)22(24)25)10-26-16-18-19-20-21(16)9-11-4-2-1-3-5-11/h1-8H,9-10H2,(H2,17,23). The van der Waals surface area contributed by atoms with E-state index in [4.69, 9.17) is 5.73 Å². The second-order valence-electron chi connectivity index (χ2n) is 5.36. The van der Waals surface area contributed by atoms with E-state index in [0.717, 1.165) is 5.56 Å². The van der Waals surface area contributed by atoms with Crippen molar-refractivity contribution >= 4 is 23.4 Å². The lowest BCUT2D eigenvalue weighted by atomic mass is 10.1. The van der Waals surface area contributed by atoms with E-state index in [0.29, 0.717) is 17.3 Å². The molecule has 1 amide bonds. The van der Waals surface area contributed by atoms with Gasteiger partial charge in [0.15, 0.2) is 0 Å². The Labute approximate surface area is 152 Å². The van der Waals surface area contributed by atoms with Crippen LogP contribution < -0.4 is 5.73 Å². The predicted molar refractivity (Wildman–Crippen MR) is 94.5 cm³/mol. The maximum absolute atomic E-state index is 11.3. The summed E-state index contributed by atoms with van der Waals surface area (Å²) < 4.78 is 1.63. The Bertz CT molecular complexity index is 944. The van der Waals surface area contributed by atoms with Crippen LogP contribution in [-0.2, 0) is 12.3 Å². The summed E-state index contributed by atoms with van der Waals surface area (Å²) in [5, 5.41) is 23.4. The van der Waals surface area contributed by atoms with Gasteiger partial charge in [-0.25, -0.2) is 4.68 Å². The summed E-state index contributed by atoms with van der Waals surface area (Å²) in [6.45, 7) is 0.499. The average molecular weight is 370 g/mol. The maximum Gasteiger partial charge on any atom is 0.274 e. The SMILES string of the molecule is NC(=O)c1ccc(CSc2nnnn2Cc2ccccc2)c([N+](=O)[O-])c1. The van der Waals surface area contributed by atoms with Crippen molar-refractivity contribution < 1.29 is 9.72 Å². The van der Waals surface area contributed by atoms with Crippen LogP contribution in [0.5, 0.6) is 0 Å². The molecule has 0 fully saturated rings. The Kier molecular flexibility index (Phi) is 5.23. The molecule has 0 spiro atoms. The Morgan fingerprint density at radius 3 is 2.69 bits per heavy atom. The van der Waals surface area contributed by atoms with Gasteiger partial charge in [0.25, 0.3) is 5.69 Å². The highest BCUT2D eigenvalue weighted by Gasteiger charge is 2.18. The van der Waals surface area contributed by atoms with Crippen molar-refractivity contribution in [3.63, 3.8) is 0 Å². The monoisotopic (exact) mass is 370 g/mol. The molecule has 0 atom stereocenters. The van der Waals surface area contributed by atoms with E-state index in [1.54, 1.807) is 4.68 Å². The molecular formula is C16H14N6O3S. The quantitative estimate of drug-likeness (QED) is 0.382.